The van der Waals surface area contributed by atoms with Gasteiger partial charge in [0.05, 0.1) is 11.9 Å². The molecule has 1 fully saturated rings. The molecule has 0 spiro atoms. The third-order valence-corrected chi connectivity index (χ3v) is 4.74. The van der Waals surface area contributed by atoms with Crippen LogP contribution >= 0.6 is 0 Å². The standard InChI is InChI=1S/C18H21N7O/c1-23(2)17(26)14-11-22-25-15(6-9-19-16(14)25)13-5-3-10-24(12-13)18-20-7-4-8-21-18/h4,6-9,11,13H,3,5,10,12H2,1-2H3. The molecule has 0 N–H and O–H groups in total. The van der Waals surface area contributed by atoms with E-state index in [-0.39, 0.29) is 11.8 Å². The SMILES string of the molecule is CN(C)C(=O)c1cnn2c(C3CCCN(c4ncccn4)C3)ccnc12. The molecule has 134 valence electrons. The topological polar surface area (TPSA) is 79.5 Å². The van der Waals surface area contributed by atoms with Gasteiger partial charge in [0.1, 0.15) is 5.56 Å². The van der Waals surface area contributed by atoms with Crippen LogP contribution in [0.15, 0.2) is 36.9 Å². The van der Waals surface area contributed by atoms with E-state index in [1.54, 1.807) is 48.3 Å². The van der Waals surface area contributed by atoms with Gasteiger partial charge in [-0.05, 0) is 25.0 Å². The minimum Gasteiger partial charge on any atom is -0.345 e. The molecule has 0 aromatic carbocycles. The van der Waals surface area contributed by atoms with Gasteiger partial charge in [-0.1, -0.05) is 0 Å². The van der Waals surface area contributed by atoms with Crippen molar-refractivity contribution in [3.8, 4) is 0 Å². The summed E-state index contributed by atoms with van der Waals surface area (Å²) in [6.45, 7) is 1.76. The van der Waals surface area contributed by atoms with Gasteiger partial charge >= 0.3 is 0 Å². The van der Waals surface area contributed by atoms with E-state index in [4.69, 9.17) is 0 Å². The van der Waals surface area contributed by atoms with Gasteiger partial charge in [0.25, 0.3) is 5.91 Å². The summed E-state index contributed by atoms with van der Waals surface area (Å²) in [4.78, 5) is 29.2. The fourth-order valence-corrected chi connectivity index (χ4v) is 3.47. The largest absolute Gasteiger partial charge is 0.345 e. The highest BCUT2D eigenvalue weighted by Gasteiger charge is 2.26. The van der Waals surface area contributed by atoms with E-state index >= 15 is 0 Å². The summed E-state index contributed by atoms with van der Waals surface area (Å²) >= 11 is 0. The van der Waals surface area contributed by atoms with Crippen LogP contribution in [-0.4, -0.2) is 62.6 Å². The van der Waals surface area contributed by atoms with Gasteiger partial charge in [-0.3, -0.25) is 4.79 Å². The summed E-state index contributed by atoms with van der Waals surface area (Å²) < 4.78 is 1.80. The molecule has 1 unspecified atom stereocenters. The Labute approximate surface area is 151 Å². The number of piperidine rings is 1. The lowest BCUT2D eigenvalue weighted by atomic mass is 9.94. The minimum atomic E-state index is -0.0902. The van der Waals surface area contributed by atoms with Crippen molar-refractivity contribution >= 4 is 17.5 Å². The van der Waals surface area contributed by atoms with Crippen LogP contribution in [0, 0.1) is 0 Å². The number of nitrogens with zero attached hydrogens (tertiary/aromatic N) is 7. The molecule has 8 nitrogen and oxygen atoms in total. The van der Waals surface area contributed by atoms with E-state index < -0.39 is 0 Å². The van der Waals surface area contributed by atoms with Crippen molar-refractivity contribution in [1.29, 1.82) is 0 Å². The molecule has 0 saturated carbocycles. The third-order valence-electron chi connectivity index (χ3n) is 4.74. The molecular weight excluding hydrogens is 330 g/mol. The normalized spacial score (nSPS) is 17.5. The van der Waals surface area contributed by atoms with Crippen molar-refractivity contribution in [3.05, 3.63) is 48.2 Å². The van der Waals surface area contributed by atoms with Crippen molar-refractivity contribution in [3.63, 3.8) is 0 Å². The third kappa shape index (κ3) is 2.87. The number of aromatic nitrogens is 5. The lowest BCUT2D eigenvalue weighted by molar-refractivity contribution is 0.0829. The van der Waals surface area contributed by atoms with E-state index in [9.17, 15) is 4.79 Å². The van der Waals surface area contributed by atoms with Crippen LogP contribution in [-0.2, 0) is 0 Å². The maximum atomic E-state index is 12.4. The van der Waals surface area contributed by atoms with Crippen molar-refractivity contribution in [1.82, 2.24) is 29.5 Å². The average Bonchev–Trinajstić information content (AvgIpc) is 3.12. The fourth-order valence-electron chi connectivity index (χ4n) is 3.47. The highest BCUT2D eigenvalue weighted by molar-refractivity contribution is 5.99. The highest BCUT2D eigenvalue weighted by atomic mass is 16.2. The van der Waals surface area contributed by atoms with Gasteiger partial charge in [-0.25, -0.2) is 19.5 Å². The summed E-state index contributed by atoms with van der Waals surface area (Å²) in [6, 6.07) is 3.81. The summed E-state index contributed by atoms with van der Waals surface area (Å²) in [5, 5.41) is 4.45. The Bertz CT molecular complexity index is 922. The van der Waals surface area contributed by atoms with Crippen molar-refractivity contribution in [2.45, 2.75) is 18.8 Å². The Morgan fingerprint density at radius 2 is 2.00 bits per heavy atom. The maximum Gasteiger partial charge on any atom is 0.258 e. The molecule has 1 atom stereocenters. The van der Waals surface area contributed by atoms with Gasteiger partial charge in [0.15, 0.2) is 5.65 Å². The van der Waals surface area contributed by atoms with Crippen LogP contribution in [0.2, 0.25) is 0 Å². The Balaban J connectivity index is 1.67. The number of hydrogen-bond acceptors (Lipinski definition) is 6. The van der Waals surface area contributed by atoms with Crippen molar-refractivity contribution in [2.75, 3.05) is 32.1 Å². The lowest BCUT2D eigenvalue weighted by Gasteiger charge is -2.32. The molecule has 1 amide bonds. The van der Waals surface area contributed by atoms with Crippen LogP contribution in [0.25, 0.3) is 5.65 Å². The fraction of sp³-hybridized carbons (Fsp3) is 0.389. The van der Waals surface area contributed by atoms with Gasteiger partial charge in [-0.15, -0.1) is 0 Å². The molecule has 1 saturated heterocycles. The molecule has 4 rings (SSSR count). The first kappa shape index (κ1) is 16.4. The molecular formula is C18H21N7O. The van der Waals surface area contributed by atoms with E-state index in [0.29, 0.717) is 11.2 Å². The quantitative estimate of drug-likeness (QED) is 0.713. The van der Waals surface area contributed by atoms with E-state index in [2.05, 4.69) is 25.0 Å². The zero-order chi connectivity index (χ0) is 18.1. The Hall–Kier alpha value is -3.03. The Kier molecular flexibility index (Phi) is 4.24. The van der Waals surface area contributed by atoms with Crippen LogP contribution in [0.1, 0.15) is 34.8 Å². The summed E-state index contributed by atoms with van der Waals surface area (Å²) in [5.41, 5.74) is 2.19. The first-order valence-corrected chi connectivity index (χ1v) is 8.71. The van der Waals surface area contributed by atoms with E-state index in [1.165, 1.54) is 0 Å². The first-order chi connectivity index (χ1) is 12.6. The molecule has 0 aliphatic carbocycles. The number of carbonyl (C=O) groups excluding carboxylic acids is 1. The Morgan fingerprint density at radius 1 is 1.19 bits per heavy atom. The predicted octanol–water partition coefficient (Wildman–Crippen LogP) is 1.61. The first-order valence-electron chi connectivity index (χ1n) is 8.71. The molecule has 1 aliphatic rings. The predicted molar refractivity (Wildman–Crippen MR) is 97.2 cm³/mol. The summed E-state index contributed by atoms with van der Waals surface area (Å²) in [6.07, 6.45) is 9.01. The summed E-state index contributed by atoms with van der Waals surface area (Å²) in [5.74, 6) is 0.944. The maximum absolute atomic E-state index is 12.4. The average molecular weight is 351 g/mol. The molecule has 3 aromatic rings. The van der Waals surface area contributed by atoms with Crippen LogP contribution in [0.3, 0.4) is 0 Å². The van der Waals surface area contributed by atoms with E-state index in [1.807, 2.05) is 12.1 Å². The van der Waals surface area contributed by atoms with Gasteiger partial charge in [-0.2, -0.15) is 5.10 Å². The number of hydrogen-bond donors (Lipinski definition) is 0. The zero-order valence-corrected chi connectivity index (χ0v) is 14.9. The second-order valence-electron chi connectivity index (χ2n) is 6.70. The van der Waals surface area contributed by atoms with Gasteiger partial charge in [0.2, 0.25) is 5.95 Å². The van der Waals surface area contributed by atoms with Gasteiger partial charge < -0.3 is 9.80 Å². The second-order valence-corrected chi connectivity index (χ2v) is 6.70. The molecule has 0 bridgehead atoms. The monoisotopic (exact) mass is 351 g/mol. The number of anilines is 1. The number of fused-ring (bicyclic) bond motifs is 1. The second kappa shape index (κ2) is 6.70. The smallest absolute Gasteiger partial charge is 0.258 e. The molecule has 0 radical (unpaired) electrons. The van der Waals surface area contributed by atoms with Crippen LogP contribution < -0.4 is 4.90 Å². The minimum absolute atomic E-state index is 0.0902. The molecule has 4 heterocycles. The van der Waals surface area contributed by atoms with Crippen LogP contribution in [0.5, 0.6) is 0 Å². The zero-order valence-electron chi connectivity index (χ0n) is 14.9. The van der Waals surface area contributed by atoms with Crippen molar-refractivity contribution < 1.29 is 4.79 Å². The molecule has 3 aromatic heterocycles. The number of amides is 1. The number of rotatable bonds is 3. The summed E-state index contributed by atoms with van der Waals surface area (Å²) in [7, 11) is 3.46. The Morgan fingerprint density at radius 3 is 2.77 bits per heavy atom. The molecule has 26 heavy (non-hydrogen) atoms. The van der Waals surface area contributed by atoms with E-state index in [0.717, 1.165) is 37.6 Å². The molecule has 8 heteroatoms. The number of carbonyl (C=O) groups is 1. The van der Waals surface area contributed by atoms with Crippen LogP contribution in [0.4, 0.5) is 5.95 Å². The molecule has 1 aliphatic heterocycles. The lowest BCUT2D eigenvalue weighted by Crippen LogP contribution is -2.36. The van der Waals surface area contributed by atoms with Gasteiger partial charge in [0, 0.05) is 51.7 Å². The van der Waals surface area contributed by atoms with Crippen molar-refractivity contribution in [2.24, 2.45) is 0 Å². The highest BCUT2D eigenvalue weighted by Crippen LogP contribution is 2.29.